The van der Waals surface area contributed by atoms with Gasteiger partial charge in [-0.1, -0.05) is 29.8 Å². The average Bonchev–Trinajstić information content (AvgIpc) is 2.88. The molecule has 0 bridgehead atoms. The highest BCUT2D eigenvalue weighted by Gasteiger charge is 2.14. The molecule has 0 spiro atoms. The highest BCUT2D eigenvalue weighted by Crippen LogP contribution is 2.28. The summed E-state index contributed by atoms with van der Waals surface area (Å²) >= 11 is 6.08. The van der Waals surface area contributed by atoms with E-state index in [4.69, 9.17) is 11.6 Å². The topological polar surface area (TPSA) is 24.9 Å². The Morgan fingerprint density at radius 2 is 2.05 bits per heavy atom. The molecule has 2 aromatic rings. The van der Waals surface area contributed by atoms with Crippen LogP contribution < -0.4 is 5.32 Å². The van der Waals surface area contributed by atoms with Gasteiger partial charge in [0.25, 0.3) is 0 Å². The van der Waals surface area contributed by atoms with Crippen molar-refractivity contribution >= 4 is 17.3 Å². The highest BCUT2D eigenvalue weighted by molar-refractivity contribution is 6.31. The second-order valence-corrected chi connectivity index (χ2v) is 5.45. The van der Waals surface area contributed by atoms with E-state index in [1.54, 1.807) is 6.20 Å². The van der Waals surface area contributed by atoms with Gasteiger partial charge in [0.2, 0.25) is 0 Å². The summed E-state index contributed by atoms with van der Waals surface area (Å²) in [5.74, 6) is 0. The van der Waals surface area contributed by atoms with Crippen LogP contribution in [0.5, 0.6) is 0 Å². The summed E-state index contributed by atoms with van der Waals surface area (Å²) in [4.78, 5) is 4.09. The summed E-state index contributed by atoms with van der Waals surface area (Å²) in [6, 6.07) is 10.9. The molecule has 0 saturated carbocycles. The van der Waals surface area contributed by atoms with Gasteiger partial charge in [0.1, 0.15) is 0 Å². The quantitative estimate of drug-likeness (QED) is 0.838. The number of nitrogens with one attached hydrogen (secondary N) is 1. The molecule has 98 valence electrons. The summed E-state index contributed by atoms with van der Waals surface area (Å²) in [5, 5.41) is 3.95. The molecule has 1 aromatic carbocycles. The summed E-state index contributed by atoms with van der Waals surface area (Å²) in [6.45, 7) is 2.15. The van der Waals surface area contributed by atoms with Gasteiger partial charge in [-0.3, -0.25) is 0 Å². The normalized spacial score (nSPS) is 15.1. The molecule has 1 atom stereocenters. The van der Waals surface area contributed by atoms with Crippen LogP contribution in [-0.4, -0.2) is 4.98 Å². The van der Waals surface area contributed by atoms with E-state index in [9.17, 15) is 0 Å². The lowest BCUT2D eigenvalue weighted by Crippen LogP contribution is -2.07. The Morgan fingerprint density at radius 3 is 2.89 bits per heavy atom. The van der Waals surface area contributed by atoms with E-state index in [1.807, 2.05) is 12.1 Å². The molecule has 0 saturated heterocycles. The molecule has 2 nitrogen and oxygen atoms in total. The van der Waals surface area contributed by atoms with Gasteiger partial charge in [0.15, 0.2) is 5.15 Å². The number of fused-ring (bicyclic) bond motifs is 1. The van der Waals surface area contributed by atoms with Crippen LogP contribution in [0.25, 0.3) is 0 Å². The number of pyridine rings is 1. The molecule has 1 aliphatic carbocycles. The van der Waals surface area contributed by atoms with Gasteiger partial charge in [-0.05, 0) is 55.0 Å². The fraction of sp³-hybridized carbons (Fsp3) is 0.312. The van der Waals surface area contributed by atoms with Gasteiger partial charge < -0.3 is 5.32 Å². The molecule has 3 heteroatoms. The van der Waals surface area contributed by atoms with Gasteiger partial charge >= 0.3 is 0 Å². The van der Waals surface area contributed by atoms with Crippen molar-refractivity contribution in [2.45, 2.75) is 32.2 Å². The van der Waals surface area contributed by atoms with Crippen LogP contribution in [0.15, 0.2) is 36.5 Å². The first kappa shape index (κ1) is 12.5. The predicted molar refractivity (Wildman–Crippen MR) is 79.8 cm³/mol. The van der Waals surface area contributed by atoms with Gasteiger partial charge in [0, 0.05) is 12.2 Å². The molecular weight excluding hydrogens is 256 g/mol. The molecule has 0 radical (unpaired) electrons. The maximum absolute atomic E-state index is 6.08. The Hall–Kier alpha value is -1.54. The molecule has 1 aromatic heterocycles. The lowest BCUT2D eigenvalue weighted by molar-refractivity contribution is 0.878. The standard InChI is InChI=1S/C16H17ClN2/c1-11(19-15-6-3-9-18-16(15)17)13-8-7-12-4-2-5-14(12)10-13/h3,6-11,19H,2,4-5H2,1H3. The minimum atomic E-state index is 0.229. The average molecular weight is 273 g/mol. The van der Waals surface area contributed by atoms with Crippen LogP contribution in [0.3, 0.4) is 0 Å². The van der Waals surface area contributed by atoms with Gasteiger partial charge in [-0.2, -0.15) is 0 Å². The number of halogens is 1. The van der Waals surface area contributed by atoms with Crippen molar-refractivity contribution in [2.75, 3.05) is 5.32 Å². The number of hydrogen-bond acceptors (Lipinski definition) is 2. The number of rotatable bonds is 3. The molecule has 0 aliphatic heterocycles. The summed E-state index contributed by atoms with van der Waals surface area (Å²) in [6.07, 6.45) is 5.43. The van der Waals surface area contributed by atoms with Gasteiger partial charge in [0.05, 0.1) is 5.69 Å². The zero-order valence-electron chi connectivity index (χ0n) is 11.0. The third kappa shape index (κ3) is 2.59. The van der Waals surface area contributed by atoms with Crippen molar-refractivity contribution in [3.05, 3.63) is 58.4 Å². The first-order chi connectivity index (χ1) is 9.24. The summed E-state index contributed by atoms with van der Waals surface area (Å²) in [7, 11) is 0. The minimum absolute atomic E-state index is 0.229. The zero-order chi connectivity index (χ0) is 13.2. The fourth-order valence-electron chi connectivity index (χ4n) is 2.67. The molecule has 0 fully saturated rings. The smallest absolute Gasteiger partial charge is 0.152 e. The van der Waals surface area contributed by atoms with Crippen LogP contribution in [0, 0.1) is 0 Å². The van der Waals surface area contributed by atoms with Crippen molar-refractivity contribution in [3.8, 4) is 0 Å². The summed E-state index contributed by atoms with van der Waals surface area (Å²) in [5.41, 5.74) is 5.21. The second-order valence-electron chi connectivity index (χ2n) is 5.09. The predicted octanol–water partition coefficient (Wildman–Crippen LogP) is 4.40. The minimum Gasteiger partial charge on any atom is -0.376 e. The van der Waals surface area contributed by atoms with E-state index in [2.05, 4.69) is 35.4 Å². The number of nitrogens with zero attached hydrogens (tertiary/aromatic N) is 1. The third-order valence-electron chi connectivity index (χ3n) is 3.75. The molecule has 1 N–H and O–H groups in total. The van der Waals surface area contributed by atoms with Crippen molar-refractivity contribution in [1.29, 1.82) is 0 Å². The Morgan fingerprint density at radius 1 is 1.21 bits per heavy atom. The van der Waals surface area contributed by atoms with Crippen LogP contribution in [0.4, 0.5) is 5.69 Å². The molecule has 1 aliphatic rings. The van der Waals surface area contributed by atoms with Crippen molar-refractivity contribution < 1.29 is 0 Å². The Labute approximate surface area is 118 Å². The van der Waals surface area contributed by atoms with Crippen molar-refractivity contribution in [2.24, 2.45) is 0 Å². The number of aryl methyl sites for hydroxylation is 2. The number of benzene rings is 1. The van der Waals surface area contributed by atoms with Gasteiger partial charge in [-0.25, -0.2) is 4.98 Å². The van der Waals surface area contributed by atoms with E-state index in [0.29, 0.717) is 5.15 Å². The molecule has 1 unspecified atom stereocenters. The maximum atomic E-state index is 6.08. The van der Waals surface area contributed by atoms with E-state index in [-0.39, 0.29) is 6.04 Å². The largest absolute Gasteiger partial charge is 0.376 e. The molecule has 19 heavy (non-hydrogen) atoms. The van der Waals surface area contributed by atoms with Crippen molar-refractivity contribution in [3.63, 3.8) is 0 Å². The molecule has 3 rings (SSSR count). The summed E-state index contributed by atoms with van der Waals surface area (Å²) < 4.78 is 0. The second kappa shape index (κ2) is 5.22. The van der Waals surface area contributed by atoms with Gasteiger partial charge in [-0.15, -0.1) is 0 Å². The molecular formula is C16H17ClN2. The Balaban J connectivity index is 1.81. The number of anilines is 1. The van der Waals surface area contributed by atoms with Crippen molar-refractivity contribution in [1.82, 2.24) is 4.98 Å². The van der Waals surface area contributed by atoms with E-state index < -0.39 is 0 Å². The highest BCUT2D eigenvalue weighted by atomic mass is 35.5. The van der Waals surface area contributed by atoms with Crippen LogP contribution >= 0.6 is 11.6 Å². The maximum Gasteiger partial charge on any atom is 0.152 e. The van der Waals surface area contributed by atoms with Crippen LogP contribution in [0.1, 0.15) is 36.1 Å². The molecule has 1 heterocycles. The van der Waals surface area contributed by atoms with E-state index in [0.717, 1.165) is 5.69 Å². The van der Waals surface area contributed by atoms with E-state index >= 15 is 0 Å². The SMILES string of the molecule is CC(Nc1cccnc1Cl)c1ccc2c(c1)CCC2. The Bertz CT molecular complexity index is 595. The lowest BCUT2D eigenvalue weighted by atomic mass is 10.0. The third-order valence-corrected chi connectivity index (χ3v) is 4.05. The van der Waals surface area contributed by atoms with Crippen LogP contribution in [-0.2, 0) is 12.8 Å². The Kier molecular flexibility index (Phi) is 3.43. The lowest BCUT2D eigenvalue weighted by Gasteiger charge is -2.17. The number of hydrogen-bond donors (Lipinski definition) is 1. The first-order valence-electron chi connectivity index (χ1n) is 6.73. The monoisotopic (exact) mass is 272 g/mol. The molecule has 0 amide bonds. The number of aromatic nitrogens is 1. The van der Waals surface area contributed by atoms with Crippen LogP contribution in [0.2, 0.25) is 5.15 Å². The zero-order valence-corrected chi connectivity index (χ0v) is 11.7. The first-order valence-corrected chi connectivity index (χ1v) is 7.10. The fourth-order valence-corrected chi connectivity index (χ4v) is 2.85. The van der Waals surface area contributed by atoms with E-state index in [1.165, 1.54) is 36.0 Å².